The molecule has 3 aromatic rings. The molecule has 2 aromatic carbocycles. The lowest BCUT2D eigenvalue weighted by molar-refractivity contribution is -0.139. The molecular weight excluding hydrogens is 441 g/mol. The highest BCUT2D eigenvalue weighted by molar-refractivity contribution is 6.33. The van der Waals surface area contributed by atoms with Crippen molar-refractivity contribution < 1.29 is 19.1 Å². The Morgan fingerprint density at radius 1 is 1.23 bits per heavy atom. The summed E-state index contributed by atoms with van der Waals surface area (Å²) in [6.07, 6.45) is 1.66. The lowest BCUT2D eigenvalue weighted by atomic mass is 10.0. The van der Waals surface area contributed by atoms with Crippen molar-refractivity contribution in [3.05, 3.63) is 74.1 Å². The van der Waals surface area contributed by atoms with Crippen molar-refractivity contribution in [3.8, 4) is 5.75 Å². The van der Waals surface area contributed by atoms with Crippen LogP contribution in [0, 0.1) is 6.92 Å². The molecule has 0 radical (unpaired) electrons. The van der Waals surface area contributed by atoms with E-state index in [4.69, 9.17) is 16.0 Å². The number of hydrogen-bond donors (Lipinski definition) is 2. The number of phenols is 1. The highest BCUT2D eigenvalue weighted by Crippen LogP contribution is 2.36. The molecule has 0 aliphatic rings. The number of carbonyl (C=O) groups is 1. The topological polar surface area (TPSA) is 88.8 Å². The van der Waals surface area contributed by atoms with Crippen LogP contribution in [0.2, 0.25) is 5.02 Å². The fourth-order valence-corrected chi connectivity index (χ4v) is 3.62. The van der Waals surface area contributed by atoms with Crippen LogP contribution in [0.4, 0.5) is 0 Å². The van der Waals surface area contributed by atoms with Gasteiger partial charge in [0.2, 0.25) is 0 Å². The third-order valence-corrected chi connectivity index (χ3v) is 5.40. The number of phenolic OH excluding ortho intramolecular Hbond substituents is 1. The fraction of sp³-hybridized carbons (Fsp3) is 0.304. The van der Waals surface area contributed by atoms with E-state index in [2.05, 4.69) is 22.2 Å². The lowest BCUT2D eigenvalue weighted by Crippen LogP contribution is -2.18. The Balaban J connectivity index is 0.00000341. The molecule has 0 spiro atoms. The summed E-state index contributed by atoms with van der Waals surface area (Å²) in [5.74, 6) is -0.655. The van der Waals surface area contributed by atoms with Crippen molar-refractivity contribution in [2.24, 2.45) is 0 Å². The number of esters is 1. The molecule has 0 amide bonds. The molecule has 31 heavy (non-hydrogen) atoms. The number of nitrogens with one attached hydrogen (secondary N) is 1. The summed E-state index contributed by atoms with van der Waals surface area (Å²) in [4.78, 5) is 24.1. The average molecular weight is 466 g/mol. The summed E-state index contributed by atoms with van der Waals surface area (Å²) in [6, 6.07) is 11.7. The van der Waals surface area contributed by atoms with Crippen molar-refractivity contribution >= 4 is 40.9 Å². The van der Waals surface area contributed by atoms with Gasteiger partial charge >= 0.3 is 11.6 Å². The highest BCUT2D eigenvalue weighted by Gasteiger charge is 2.20. The quantitative estimate of drug-likeness (QED) is 0.292. The molecule has 8 heteroatoms. The van der Waals surface area contributed by atoms with E-state index in [-0.39, 0.29) is 47.3 Å². The average Bonchev–Trinajstić information content (AvgIpc) is 2.75. The number of methoxy groups -OCH3 is 1. The van der Waals surface area contributed by atoms with Crippen LogP contribution in [-0.2, 0) is 28.9 Å². The van der Waals surface area contributed by atoms with Crippen molar-refractivity contribution in [3.63, 3.8) is 0 Å². The molecule has 2 N–H and O–H groups in total. The first-order chi connectivity index (χ1) is 14.4. The zero-order chi connectivity index (χ0) is 21.7. The van der Waals surface area contributed by atoms with E-state index in [0.29, 0.717) is 23.1 Å². The summed E-state index contributed by atoms with van der Waals surface area (Å²) < 4.78 is 10.1. The van der Waals surface area contributed by atoms with Gasteiger partial charge in [-0.15, -0.1) is 12.4 Å². The molecule has 0 fully saturated rings. The summed E-state index contributed by atoms with van der Waals surface area (Å²) >= 11 is 6.22. The monoisotopic (exact) mass is 465 g/mol. The lowest BCUT2D eigenvalue weighted by Gasteiger charge is -2.14. The normalized spacial score (nSPS) is 10.7. The molecule has 0 saturated carbocycles. The van der Waals surface area contributed by atoms with E-state index in [1.165, 1.54) is 12.7 Å². The number of carbonyl (C=O) groups excluding carboxylic acids is 1. The number of fused-ring (bicyclic) bond motifs is 1. The Labute approximate surface area is 191 Å². The third-order valence-electron chi connectivity index (χ3n) is 5.11. The van der Waals surface area contributed by atoms with Crippen molar-refractivity contribution in [1.82, 2.24) is 5.32 Å². The standard InChI is InChI=1S/C23H24ClNO5.ClH/c1-14-16-11-19(24)21(27)18(13-25-10-6-9-15-7-4-3-5-8-15)22(16)30-23(28)17(14)12-20(26)29-2;/h3-5,7-8,11,25,27H,6,9-10,12-13H2,1-2H3;1H. The minimum Gasteiger partial charge on any atom is -0.506 e. The molecule has 3 rings (SSSR count). The number of hydrogen-bond acceptors (Lipinski definition) is 6. The smallest absolute Gasteiger partial charge is 0.340 e. The summed E-state index contributed by atoms with van der Waals surface area (Å²) in [6.45, 7) is 2.73. The predicted molar refractivity (Wildman–Crippen MR) is 123 cm³/mol. The molecule has 0 aliphatic carbocycles. The number of aryl methyl sites for hydroxylation is 2. The Bertz CT molecular complexity index is 1110. The molecule has 166 valence electrons. The third kappa shape index (κ3) is 5.79. The maximum atomic E-state index is 12.5. The SMILES string of the molecule is COC(=O)Cc1c(C)c2cc(Cl)c(O)c(CNCCCc3ccccc3)c2oc1=O.Cl. The van der Waals surface area contributed by atoms with Gasteiger partial charge in [0.25, 0.3) is 0 Å². The molecule has 0 atom stereocenters. The molecule has 0 unspecified atom stereocenters. The summed E-state index contributed by atoms with van der Waals surface area (Å²) in [7, 11) is 1.26. The first-order valence-corrected chi connectivity index (χ1v) is 10.1. The number of ether oxygens (including phenoxy) is 1. The van der Waals surface area contributed by atoms with Gasteiger partial charge in [0.1, 0.15) is 11.3 Å². The maximum Gasteiger partial charge on any atom is 0.340 e. The first-order valence-electron chi connectivity index (χ1n) is 9.70. The summed E-state index contributed by atoms with van der Waals surface area (Å²) in [5.41, 5.74) is 2.12. The van der Waals surface area contributed by atoms with Gasteiger partial charge in [-0.25, -0.2) is 4.79 Å². The molecule has 0 saturated heterocycles. The number of aromatic hydroxyl groups is 1. The van der Waals surface area contributed by atoms with E-state index in [1.807, 2.05) is 18.2 Å². The number of halogens is 2. The Kier molecular flexibility index (Phi) is 8.92. The van der Waals surface area contributed by atoms with Crippen molar-refractivity contribution in [2.75, 3.05) is 13.7 Å². The van der Waals surface area contributed by atoms with E-state index < -0.39 is 11.6 Å². The molecule has 6 nitrogen and oxygen atoms in total. The van der Waals surface area contributed by atoms with Crippen LogP contribution in [0.1, 0.15) is 28.7 Å². The minimum atomic E-state index is -0.627. The Morgan fingerprint density at radius 3 is 2.61 bits per heavy atom. The number of rotatable bonds is 8. The van der Waals surface area contributed by atoms with Crippen molar-refractivity contribution in [2.45, 2.75) is 32.7 Å². The van der Waals surface area contributed by atoms with Crippen LogP contribution in [0.5, 0.6) is 5.75 Å². The van der Waals surface area contributed by atoms with Crippen LogP contribution in [0.15, 0.2) is 45.6 Å². The summed E-state index contributed by atoms with van der Waals surface area (Å²) in [5, 5.41) is 14.5. The largest absolute Gasteiger partial charge is 0.506 e. The van der Waals surface area contributed by atoms with Crippen LogP contribution in [-0.4, -0.2) is 24.7 Å². The van der Waals surface area contributed by atoms with Gasteiger partial charge in [0, 0.05) is 11.9 Å². The van der Waals surface area contributed by atoms with Crippen LogP contribution in [0.3, 0.4) is 0 Å². The molecule has 1 aromatic heterocycles. The van der Waals surface area contributed by atoms with Gasteiger partial charge in [-0.1, -0.05) is 41.9 Å². The second-order valence-electron chi connectivity index (χ2n) is 7.07. The second kappa shape index (κ2) is 11.2. The van der Waals surface area contributed by atoms with Crippen LogP contribution >= 0.6 is 24.0 Å². The van der Waals surface area contributed by atoms with Gasteiger partial charge in [0.15, 0.2) is 0 Å². The first kappa shape index (κ1) is 24.7. The zero-order valence-electron chi connectivity index (χ0n) is 17.4. The fourth-order valence-electron chi connectivity index (χ4n) is 3.40. The van der Waals surface area contributed by atoms with Gasteiger partial charge in [0.05, 0.1) is 29.7 Å². The van der Waals surface area contributed by atoms with Gasteiger partial charge in [-0.2, -0.15) is 0 Å². The zero-order valence-corrected chi connectivity index (χ0v) is 18.9. The Hall–Kier alpha value is -2.54. The van der Waals surface area contributed by atoms with Gasteiger partial charge in [-0.05, 0) is 43.5 Å². The van der Waals surface area contributed by atoms with Gasteiger partial charge in [-0.3, -0.25) is 4.79 Å². The molecular formula is C23H25Cl2NO5. The van der Waals surface area contributed by atoms with E-state index in [1.54, 1.807) is 13.0 Å². The minimum absolute atomic E-state index is 0. The van der Waals surface area contributed by atoms with Gasteiger partial charge < -0.3 is 19.6 Å². The van der Waals surface area contributed by atoms with Crippen LogP contribution < -0.4 is 10.9 Å². The van der Waals surface area contributed by atoms with E-state index in [0.717, 1.165) is 12.8 Å². The second-order valence-corrected chi connectivity index (χ2v) is 7.48. The highest BCUT2D eigenvalue weighted by atomic mass is 35.5. The van der Waals surface area contributed by atoms with Crippen LogP contribution in [0.25, 0.3) is 11.0 Å². The maximum absolute atomic E-state index is 12.5. The molecule has 1 heterocycles. The van der Waals surface area contributed by atoms with E-state index in [9.17, 15) is 14.7 Å². The van der Waals surface area contributed by atoms with Crippen molar-refractivity contribution in [1.29, 1.82) is 0 Å². The Morgan fingerprint density at radius 2 is 1.94 bits per heavy atom. The van der Waals surface area contributed by atoms with E-state index >= 15 is 0 Å². The molecule has 0 aliphatic heterocycles. The predicted octanol–water partition coefficient (Wildman–Crippen LogP) is 4.32. The molecule has 0 bridgehead atoms. The number of benzene rings is 2.